The molecule has 3 nitrogen and oxygen atoms in total. The summed E-state index contributed by atoms with van der Waals surface area (Å²) in [5, 5.41) is 0.779. The molecule has 66 valence electrons. The topological polar surface area (TPSA) is 34.4 Å². The summed E-state index contributed by atoms with van der Waals surface area (Å²) in [5.74, 6) is 0. The average Bonchev–Trinajstić information content (AvgIpc) is 2.55. The van der Waals surface area contributed by atoms with Gasteiger partial charge in [0.2, 0.25) is 0 Å². The first kappa shape index (κ1) is 8.31. The van der Waals surface area contributed by atoms with Crippen LogP contribution in [0.3, 0.4) is 0 Å². The lowest BCUT2D eigenvalue weighted by molar-refractivity contribution is 0.111. The Morgan fingerprint density at radius 2 is 2.38 bits per heavy atom. The minimum absolute atomic E-state index is 0.628. The van der Waals surface area contributed by atoms with Gasteiger partial charge in [-0.15, -0.1) is 11.8 Å². The molecule has 4 heteroatoms. The van der Waals surface area contributed by atoms with E-state index in [0.29, 0.717) is 5.69 Å². The fourth-order valence-electron chi connectivity index (χ4n) is 1.25. The number of aromatic nitrogens is 2. The second-order valence-corrected chi connectivity index (χ2v) is 3.35. The first-order chi connectivity index (χ1) is 6.36. The Hall–Kier alpha value is -1.29. The van der Waals surface area contributed by atoms with Crippen LogP contribution in [0.15, 0.2) is 29.4 Å². The molecule has 13 heavy (non-hydrogen) atoms. The van der Waals surface area contributed by atoms with Crippen molar-refractivity contribution in [1.29, 1.82) is 0 Å². The van der Waals surface area contributed by atoms with E-state index in [2.05, 4.69) is 4.98 Å². The highest BCUT2D eigenvalue weighted by Gasteiger charge is 2.08. The van der Waals surface area contributed by atoms with Crippen LogP contribution in [-0.4, -0.2) is 21.9 Å². The Morgan fingerprint density at radius 1 is 1.54 bits per heavy atom. The fourth-order valence-corrected chi connectivity index (χ4v) is 1.79. The number of rotatable bonds is 2. The highest BCUT2D eigenvalue weighted by atomic mass is 32.2. The number of aldehydes is 1. The van der Waals surface area contributed by atoms with Gasteiger partial charge in [-0.2, -0.15) is 0 Å². The molecular formula is C9H8N2OS. The van der Waals surface area contributed by atoms with Gasteiger partial charge < -0.3 is 0 Å². The number of carbonyl (C=O) groups excluding carboxylic acids is 1. The van der Waals surface area contributed by atoms with E-state index in [-0.39, 0.29) is 0 Å². The predicted octanol–water partition coefficient (Wildman–Crippen LogP) is 1.87. The summed E-state index contributed by atoms with van der Waals surface area (Å²) in [4.78, 5) is 15.1. The number of fused-ring (bicyclic) bond motifs is 1. The van der Waals surface area contributed by atoms with E-state index in [1.807, 2.05) is 30.7 Å². The van der Waals surface area contributed by atoms with Crippen molar-refractivity contribution >= 4 is 23.7 Å². The number of hydrogen-bond donors (Lipinski definition) is 0. The number of thioether (sulfide) groups is 1. The van der Waals surface area contributed by atoms with Crippen LogP contribution >= 0.6 is 11.8 Å². The standard InChI is InChI=1S/C9H8N2OS/c1-13-9-7(6-12)11-5-3-2-4-8(11)10-9/h2-6H,1H3. The van der Waals surface area contributed by atoms with Crippen molar-refractivity contribution in [3.8, 4) is 0 Å². The average molecular weight is 192 g/mol. The lowest BCUT2D eigenvalue weighted by atomic mass is 10.4. The molecule has 0 fully saturated rings. The van der Waals surface area contributed by atoms with Crippen LogP contribution in [0.5, 0.6) is 0 Å². The number of nitrogens with zero attached hydrogens (tertiary/aromatic N) is 2. The van der Waals surface area contributed by atoms with Crippen molar-refractivity contribution in [2.45, 2.75) is 5.03 Å². The van der Waals surface area contributed by atoms with Crippen molar-refractivity contribution < 1.29 is 4.79 Å². The van der Waals surface area contributed by atoms with Gasteiger partial charge in [0, 0.05) is 6.20 Å². The maximum absolute atomic E-state index is 10.8. The van der Waals surface area contributed by atoms with E-state index >= 15 is 0 Å². The second-order valence-electron chi connectivity index (χ2n) is 2.55. The number of pyridine rings is 1. The molecule has 0 N–H and O–H groups in total. The third-order valence-corrected chi connectivity index (χ3v) is 2.53. The molecule has 0 aliphatic rings. The molecule has 0 saturated heterocycles. The molecule has 0 atom stereocenters. The molecule has 0 aliphatic carbocycles. The van der Waals surface area contributed by atoms with Gasteiger partial charge in [0.25, 0.3) is 0 Å². The van der Waals surface area contributed by atoms with E-state index in [0.717, 1.165) is 17.0 Å². The van der Waals surface area contributed by atoms with Gasteiger partial charge in [0.05, 0.1) is 0 Å². The maximum atomic E-state index is 10.8. The van der Waals surface area contributed by atoms with E-state index in [1.165, 1.54) is 11.8 Å². The zero-order valence-corrected chi connectivity index (χ0v) is 7.91. The molecule has 2 aromatic rings. The van der Waals surface area contributed by atoms with Crippen LogP contribution in [0.1, 0.15) is 10.5 Å². The summed E-state index contributed by atoms with van der Waals surface area (Å²) in [6, 6.07) is 5.67. The molecule has 0 saturated carbocycles. The summed E-state index contributed by atoms with van der Waals surface area (Å²) in [5.41, 5.74) is 1.44. The Morgan fingerprint density at radius 3 is 3.08 bits per heavy atom. The van der Waals surface area contributed by atoms with Crippen LogP contribution < -0.4 is 0 Å². The molecule has 2 heterocycles. The van der Waals surface area contributed by atoms with E-state index in [1.54, 1.807) is 4.40 Å². The van der Waals surface area contributed by atoms with Crippen LogP contribution in [-0.2, 0) is 0 Å². The molecular weight excluding hydrogens is 184 g/mol. The fraction of sp³-hybridized carbons (Fsp3) is 0.111. The van der Waals surface area contributed by atoms with E-state index < -0.39 is 0 Å². The highest BCUT2D eigenvalue weighted by molar-refractivity contribution is 7.98. The third kappa shape index (κ3) is 1.23. The van der Waals surface area contributed by atoms with Crippen molar-refractivity contribution in [2.75, 3.05) is 6.26 Å². The monoisotopic (exact) mass is 192 g/mol. The first-order valence-electron chi connectivity index (χ1n) is 3.83. The summed E-state index contributed by atoms with van der Waals surface area (Å²) in [6.07, 6.45) is 4.59. The minimum atomic E-state index is 0.628. The lowest BCUT2D eigenvalue weighted by Crippen LogP contribution is -1.89. The Labute approximate surface area is 79.8 Å². The zero-order valence-electron chi connectivity index (χ0n) is 7.10. The molecule has 2 aromatic heterocycles. The van der Waals surface area contributed by atoms with Gasteiger partial charge in [0.15, 0.2) is 6.29 Å². The Balaban J connectivity index is 2.81. The summed E-state index contributed by atoms with van der Waals surface area (Å²) in [7, 11) is 0. The zero-order chi connectivity index (χ0) is 9.26. The SMILES string of the molecule is CSc1nc2ccccn2c1C=O. The van der Waals surface area contributed by atoms with Crippen molar-refractivity contribution in [1.82, 2.24) is 9.38 Å². The van der Waals surface area contributed by atoms with Gasteiger partial charge in [-0.25, -0.2) is 4.98 Å². The van der Waals surface area contributed by atoms with Gasteiger partial charge in [-0.3, -0.25) is 9.20 Å². The summed E-state index contributed by atoms with van der Waals surface area (Å²) < 4.78 is 1.79. The van der Waals surface area contributed by atoms with Gasteiger partial charge in [0.1, 0.15) is 16.4 Å². The minimum Gasteiger partial charge on any atom is -0.296 e. The predicted molar refractivity (Wildman–Crippen MR) is 52.4 cm³/mol. The van der Waals surface area contributed by atoms with Crippen molar-refractivity contribution in [2.24, 2.45) is 0 Å². The second kappa shape index (κ2) is 3.22. The van der Waals surface area contributed by atoms with Gasteiger partial charge in [-0.05, 0) is 18.4 Å². The van der Waals surface area contributed by atoms with Gasteiger partial charge >= 0.3 is 0 Å². The molecule has 0 unspecified atom stereocenters. The van der Waals surface area contributed by atoms with Gasteiger partial charge in [-0.1, -0.05) is 6.07 Å². The Bertz CT molecular complexity index is 450. The smallest absolute Gasteiger partial charge is 0.169 e. The summed E-state index contributed by atoms with van der Waals surface area (Å²) >= 11 is 1.48. The molecule has 0 bridgehead atoms. The number of carbonyl (C=O) groups is 1. The summed E-state index contributed by atoms with van der Waals surface area (Å²) in [6.45, 7) is 0. The van der Waals surface area contributed by atoms with Crippen molar-refractivity contribution in [3.63, 3.8) is 0 Å². The number of hydrogen-bond acceptors (Lipinski definition) is 3. The Kier molecular flexibility index (Phi) is 2.06. The van der Waals surface area contributed by atoms with E-state index in [4.69, 9.17) is 0 Å². The number of imidazole rings is 1. The molecule has 0 spiro atoms. The third-order valence-electron chi connectivity index (χ3n) is 1.84. The highest BCUT2D eigenvalue weighted by Crippen LogP contribution is 2.19. The molecule has 0 aliphatic heterocycles. The molecule has 0 aromatic carbocycles. The molecule has 2 rings (SSSR count). The molecule has 0 radical (unpaired) electrons. The van der Waals surface area contributed by atoms with Crippen LogP contribution in [0, 0.1) is 0 Å². The molecule has 0 amide bonds. The van der Waals surface area contributed by atoms with Crippen LogP contribution in [0.25, 0.3) is 5.65 Å². The van der Waals surface area contributed by atoms with Crippen LogP contribution in [0.4, 0.5) is 0 Å². The lowest BCUT2D eigenvalue weighted by Gasteiger charge is -1.92. The maximum Gasteiger partial charge on any atom is 0.169 e. The largest absolute Gasteiger partial charge is 0.296 e. The first-order valence-corrected chi connectivity index (χ1v) is 5.05. The quantitative estimate of drug-likeness (QED) is 0.538. The van der Waals surface area contributed by atoms with E-state index in [9.17, 15) is 4.79 Å². The van der Waals surface area contributed by atoms with Crippen LogP contribution in [0.2, 0.25) is 0 Å². The van der Waals surface area contributed by atoms with Crippen molar-refractivity contribution in [3.05, 3.63) is 30.1 Å². The normalized spacial score (nSPS) is 10.5.